The van der Waals surface area contributed by atoms with Crippen molar-refractivity contribution in [3.05, 3.63) is 0 Å². The van der Waals surface area contributed by atoms with Gasteiger partial charge in [0.05, 0.1) is 7.85 Å². The smallest absolute Gasteiger partial charge is 0.0863 e. The summed E-state index contributed by atoms with van der Waals surface area (Å²) in [6.07, 6.45) is 0.710. The Balaban J connectivity index is 2.13. The van der Waals surface area contributed by atoms with E-state index in [0.717, 1.165) is 26.2 Å². The van der Waals surface area contributed by atoms with Crippen molar-refractivity contribution in [1.82, 2.24) is 10.2 Å². The van der Waals surface area contributed by atoms with E-state index in [2.05, 4.69) is 10.2 Å². The van der Waals surface area contributed by atoms with Gasteiger partial charge in [-0.25, -0.2) is 0 Å². The van der Waals surface area contributed by atoms with Gasteiger partial charge in [0.15, 0.2) is 0 Å². The Hall–Kier alpha value is -0.0151. The van der Waals surface area contributed by atoms with E-state index in [9.17, 15) is 0 Å². The highest BCUT2D eigenvalue weighted by Gasteiger charge is 2.04. The predicted octanol–water partition coefficient (Wildman–Crippen LogP) is -0.982. The molecule has 3 heteroatoms. The Labute approximate surface area is 51.7 Å². The molecule has 0 unspecified atom stereocenters. The van der Waals surface area contributed by atoms with Crippen molar-refractivity contribution >= 4 is 7.85 Å². The second kappa shape index (κ2) is 3.10. The fourth-order valence-electron chi connectivity index (χ4n) is 0.894. The van der Waals surface area contributed by atoms with Crippen molar-refractivity contribution in [2.45, 2.75) is 0 Å². The Kier molecular flexibility index (Phi) is 2.37. The van der Waals surface area contributed by atoms with Gasteiger partial charge in [0.2, 0.25) is 0 Å². The summed E-state index contributed by atoms with van der Waals surface area (Å²) in [6.45, 7) is 4.40. The van der Waals surface area contributed by atoms with Crippen molar-refractivity contribution in [2.24, 2.45) is 0 Å². The van der Waals surface area contributed by atoms with Crippen LogP contribution in [-0.2, 0) is 0 Å². The highest BCUT2D eigenvalue weighted by atomic mass is 15.2. The molecular formula is C5H11BN2. The lowest BCUT2D eigenvalue weighted by Crippen LogP contribution is -2.43. The summed E-state index contributed by atoms with van der Waals surface area (Å²) in [6, 6.07) is 0. The Bertz CT molecular complexity index is 61.4. The first-order valence-corrected chi connectivity index (χ1v) is 3.06. The van der Waals surface area contributed by atoms with E-state index in [1.54, 1.807) is 0 Å². The molecular weight excluding hydrogens is 98.9 g/mol. The lowest BCUT2D eigenvalue weighted by Gasteiger charge is -2.25. The molecule has 1 rings (SSSR count). The SMILES string of the molecule is [B]CN1CCNCC1. The van der Waals surface area contributed by atoms with Gasteiger partial charge < -0.3 is 10.2 Å². The molecule has 0 aromatic heterocycles. The topological polar surface area (TPSA) is 15.3 Å². The zero-order valence-corrected chi connectivity index (χ0v) is 5.06. The zero-order chi connectivity index (χ0) is 5.82. The second-order valence-corrected chi connectivity index (χ2v) is 2.05. The van der Waals surface area contributed by atoms with Crippen LogP contribution in [0.15, 0.2) is 0 Å². The van der Waals surface area contributed by atoms with Crippen LogP contribution in [0.4, 0.5) is 0 Å². The second-order valence-electron chi connectivity index (χ2n) is 2.05. The molecule has 0 spiro atoms. The van der Waals surface area contributed by atoms with Gasteiger partial charge in [-0.3, -0.25) is 0 Å². The van der Waals surface area contributed by atoms with Gasteiger partial charge in [-0.1, -0.05) is 0 Å². The van der Waals surface area contributed by atoms with E-state index in [-0.39, 0.29) is 0 Å². The van der Waals surface area contributed by atoms with Crippen LogP contribution in [0.5, 0.6) is 0 Å². The summed E-state index contributed by atoms with van der Waals surface area (Å²) in [4.78, 5) is 2.23. The number of nitrogens with zero attached hydrogens (tertiary/aromatic N) is 1. The van der Waals surface area contributed by atoms with E-state index >= 15 is 0 Å². The molecule has 0 atom stereocenters. The molecule has 1 N–H and O–H groups in total. The summed E-state index contributed by atoms with van der Waals surface area (Å²) in [5, 5.41) is 3.25. The van der Waals surface area contributed by atoms with Gasteiger partial charge in [0.25, 0.3) is 0 Å². The van der Waals surface area contributed by atoms with Gasteiger partial charge in [0.1, 0.15) is 0 Å². The van der Waals surface area contributed by atoms with Crippen LogP contribution in [0.3, 0.4) is 0 Å². The van der Waals surface area contributed by atoms with Gasteiger partial charge >= 0.3 is 0 Å². The Morgan fingerprint density at radius 3 is 2.38 bits per heavy atom. The fourth-order valence-corrected chi connectivity index (χ4v) is 0.894. The van der Waals surface area contributed by atoms with Crippen molar-refractivity contribution < 1.29 is 0 Å². The Morgan fingerprint density at radius 1 is 1.38 bits per heavy atom. The highest BCUT2D eigenvalue weighted by Crippen LogP contribution is 1.86. The van der Waals surface area contributed by atoms with Crippen molar-refractivity contribution in [3.63, 3.8) is 0 Å². The van der Waals surface area contributed by atoms with Gasteiger partial charge in [-0.05, 0) is 6.44 Å². The lowest BCUT2D eigenvalue weighted by molar-refractivity contribution is 0.277. The molecule has 1 aliphatic rings. The molecule has 0 amide bonds. The normalized spacial score (nSPS) is 23.5. The average Bonchev–Trinajstić information content (AvgIpc) is 1.90. The van der Waals surface area contributed by atoms with Crippen LogP contribution in [0.1, 0.15) is 0 Å². The number of piperazine rings is 1. The molecule has 2 radical (unpaired) electrons. The van der Waals surface area contributed by atoms with Crippen LogP contribution < -0.4 is 5.32 Å². The predicted molar refractivity (Wildman–Crippen MR) is 35.1 cm³/mol. The molecule has 0 aromatic carbocycles. The molecule has 2 nitrogen and oxygen atoms in total. The highest BCUT2D eigenvalue weighted by molar-refractivity contribution is 6.08. The summed E-state index contributed by atoms with van der Waals surface area (Å²) < 4.78 is 0. The molecule has 1 fully saturated rings. The standard InChI is InChI=1S/C5H11BN2/c6-5-8-3-1-7-2-4-8/h7H,1-5H2. The summed E-state index contributed by atoms with van der Waals surface area (Å²) in [5.41, 5.74) is 0. The maximum atomic E-state index is 5.40. The molecule has 1 saturated heterocycles. The average molecular weight is 110 g/mol. The van der Waals surface area contributed by atoms with Crippen molar-refractivity contribution in [1.29, 1.82) is 0 Å². The minimum atomic E-state index is 0.710. The van der Waals surface area contributed by atoms with Crippen LogP contribution >= 0.6 is 0 Å². The first kappa shape index (κ1) is 6.11. The van der Waals surface area contributed by atoms with Gasteiger partial charge in [0, 0.05) is 26.2 Å². The van der Waals surface area contributed by atoms with Crippen LogP contribution in [0, 0.1) is 0 Å². The van der Waals surface area contributed by atoms with E-state index < -0.39 is 0 Å². The molecule has 0 saturated carbocycles. The third-order valence-electron chi connectivity index (χ3n) is 1.47. The first-order chi connectivity index (χ1) is 3.93. The first-order valence-electron chi connectivity index (χ1n) is 3.06. The fraction of sp³-hybridized carbons (Fsp3) is 1.00. The zero-order valence-electron chi connectivity index (χ0n) is 5.06. The molecule has 8 heavy (non-hydrogen) atoms. The Morgan fingerprint density at radius 2 is 2.00 bits per heavy atom. The third-order valence-corrected chi connectivity index (χ3v) is 1.47. The van der Waals surface area contributed by atoms with E-state index in [4.69, 9.17) is 7.85 Å². The van der Waals surface area contributed by atoms with Gasteiger partial charge in [-0.15, -0.1) is 0 Å². The van der Waals surface area contributed by atoms with Crippen molar-refractivity contribution in [2.75, 3.05) is 32.6 Å². The summed E-state index contributed by atoms with van der Waals surface area (Å²) in [7, 11) is 5.40. The number of rotatable bonds is 1. The molecule has 0 aromatic rings. The minimum absolute atomic E-state index is 0.710. The quantitative estimate of drug-likeness (QED) is 0.436. The van der Waals surface area contributed by atoms with E-state index in [1.165, 1.54) is 0 Å². The monoisotopic (exact) mass is 110 g/mol. The van der Waals surface area contributed by atoms with E-state index in [0.29, 0.717) is 6.44 Å². The largest absolute Gasteiger partial charge is 0.314 e. The van der Waals surface area contributed by atoms with Gasteiger partial charge in [-0.2, -0.15) is 0 Å². The molecule has 0 aliphatic carbocycles. The van der Waals surface area contributed by atoms with Crippen molar-refractivity contribution in [3.8, 4) is 0 Å². The lowest BCUT2D eigenvalue weighted by atomic mass is 10.1. The minimum Gasteiger partial charge on any atom is -0.314 e. The molecule has 44 valence electrons. The third kappa shape index (κ3) is 1.49. The number of nitrogens with one attached hydrogen (secondary N) is 1. The number of hydrogen-bond acceptors (Lipinski definition) is 2. The summed E-state index contributed by atoms with van der Waals surface area (Å²) in [5.74, 6) is 0. The number of hydrogen-bond donors (Lipinski definition) is 1. The van der Waals surface area contributed by atoms with Crippen LogP contribution in [0.2, 0.25) is 0 Å². The molecule has 1 aliphatic heterocycles. The molecule has 1 heterocycles. The van der Waals surface area contributed by atoms with Crippen LogP contribution in [-0.4, -0.2) is 45.4 Å². The van der Waals surface area contributed by atoms with E-state index in [1.807, 2.05) is 0 Å². The maximum absolute atomic E-state index is 5.40. The van der Waals surface area contributed by atoms with Crippen LogP contribution in [0.25, 0.3) is 0 Å². The summed E-state index contributed by atoms with van der Waals surface area (Å²) >= 11 is 0. The maximum Gasteiger partial charge on any atom is 0.0863 e. The molecule has 0 bridgehead atoms.